The van der Waals surface area contributed by atoms with Crippen molar-refractivity contribution in [3.63, 3.8) is 0 Å². The molecule has 23 heavy (non-hydrogen) atoms. The summed E-state index contributed by atoms with van der Waals surface area (Å²) >= 11 is 3.07. The van der Waals surface area contributed by atoms with E-state index in [-0.39, 0.29) is 6.10 Å². The summed E-state index contributed by atoms with van der Waals surface area (Å²) in [5.41, 5.74) is 0.996. The summed E-state index contributed by atoms with van der Waals surface area (Å²) in [5.74, 6) is 0.643. The molecule has 2 aromatic rings. The molecule has 0 spiro atoms. The number of hydrogen-bond acceptors (Lipinski definition) is 7. The Kier molecular flexibility index (Phi) is 6.23. The van der Waals surface area contributed by atoms with Gasteiger partial charge < -0.3 is 20.1 Å². The van der Waals surface area contributed by atoms with E-state index in [0.717, 1.165) is 48.0 Å². The Morgan fingerprint density at radius 3 is 2.83 bits per heavy atom. The van der Waals surface area contributed by atoms with Crippen molar-refractivity contribution in [2.24, 2.45) is 0 Å². The van der Waals surface area contributed by atoms with E-state index in [4.69, 9.17) is 4.74 Å². The van der Waals surface area contributed by atoms with Gasteiger partial charge in [0.2, 0.25) is 5.13 Å². The smallest absolute Gasteiger partial charge is 0.210 e. The number of morpholine rings is 1. The minimum atomic E-state index is -0.331. The van der Waals surface area contributed by atoms with Crippen LogP contribution in [0.2, 0.25) is 0 Å². The van der Waals surface area contributed by atoms with Crippen LogP contribution in [0.4, 0.5) is 10.8 Å². The van der Waals surface area contributed by atoms with Crippen LogP contribution < -0.4 is 10.2 Å². The lowest BCUT2D eigenvalue weighted by Gasteiger charge is -2.25. The van der Waals surface area contributed by atoms with Gasteiger partial charge in [-0.25, -0.2) is 0 Å². The van der Waals surface area contributed by atoms with Gasteiger partial charge in [-0.15, -0.1) is 10.2 Å². The van der Waals surface area contributed by atoms with Gasteiger partial charge in [-0.05, 0) is 12.1 Å². The molecule has 1 atom stereocenters. The average Bonchev–Trinajstić information content (AvgIpc) is 3.02. The highest BCUT2D eigenvalue weighted by Crippen LogP contribution is 2.27. The lowest BCUT2D eigenvalue weighted by atomic mass is 10.3. The molecule has 3 rings (SSSR count). The molecule has 0 bridgehead atoms. The first-order valence-electron chi connectivity index (χ1n) is 7.67. The van der Waals surface area contributed by atoms with E-state index in [2.05, 4.69) is 15.5 Å². The van der Waals surface area contributed by atoms with Gasteiger partial charge in [-0.2, -0.15) is 0 Å². The third-order valence-electron chi connectivity index (χ3n) is 3.55. The number of nitrogens with zero attached hydrogens (tertiary/aromatic N) is 2. The number of rotatable bonds is 7. The lowest BCUT2D eigenvalue weighted by molar-refractivity contribution is -0.910. The number of aromatic nitrogens is 2. The average molecular weight is 353 g/mol. The van der Waals surface area contributed by atoms with Gasteiger partial charge in [0.1, 0.15) is 25.7 Å². The van der Waals surface area contributed by atoms with Crippen molar-refractivity contribution in [1.29, 1.82) is 0 Å². The molecule has 1 saturated heterocycles. The van der Waals surface area contributed by atoms with Crippen molar-refractivity contribution in [2.75, 3.05) is 43.9 Å². The van der Waals surface area contributed by atoms with Gasteiger partial charge in [0, 0.05) is 11.4 Å². The number of ether oxygens (including phenoxy) is 1. The summed E-state index contributed by atoms with van der Waals surface area (Å²) in [6.45, 7) is 4.31. The summed E-state index contributed by atoms with van der Waals surface area (Å²) < 4.78 is 6.21. The van der Waals surface area contributed by atoms with Gasteiger partial charge in [0.05, 0.1) is 13.2 Å². The number of benzene rings is 1. The van der Waals surface area contributed by atoms with Gasteiger partial charge in [-0.3, -0.25) is 0 Å². The molecular weight excluding hydrogens is 332 g/mol. The zero-order chi connectivity index (χ0) is 15.9. The number of thioether (sulfide) groups is 1. The Hall–Kier alpha value is -1.19. The second-order valence-corrected chi connectivity index (χ2v) is 7.64. The first-order chi connectivity index (χ1) is 11.3. The molecule has 1 aliphatic rings. The summed E-state index contributed by atoms with van der Waals surface area (Å²) in [6, 6.07) is 9.91. The minimum Gasteiger partial charge on any atom is -0.386 e. The Morgan fingerprint density at radius 2 is 2.04 bits per heavy atom. The number of aliphatic hydroxyl groups is 1. The quantitative estimate of drug-likeness (QED) is 0.635. The van der Waals surface area contributed by atoms with Crippen molar-refractivity contribution in [3.05, 3.63) is 30.3 Å². The van der Waals surface area contributed by atoms with Crippen LogP contribution >= 0.6 is 23.1 Å². The Labute approximate surface area is 143 Å². The third-order valence-corrected chi connectivity index (χ3v) is 5.67. The third kappa shape index (κ3) is 5.43. The maximum atomic E-state index is 10.2. The zero-order valence-electron chi connectivity index (χ0n) is 12.8. The van der Waals surface area contributed by atoms with Crippen LogP contribution in [0, 0.1) is 0 Å². The van der Waals surface area contributed by atoms with Crippen molar-refractivity contribution in [3.8, 4) is 0 Å². The fourth-order valence-corrected chi connectivity index (χ4v) is 4.11. The summed E-state index contributed by atoms with van der Waals surface area (Å²) in [6.07, 6.45) is -0.331. The first kappa shape index (κ1) is 16.7. The number of anilines is 2. The Morgan fingerprint density at radius 1 is 1.26 bits per heavy atom. The molecule has 8 heteroatoms. The minimum absolute atomic E-state index is 0.331. The van der Waals surface area contributed by atoms with Gasteiger partial charge in [0.15, 0.2) is 4.34 Å². The van der Waals surface area contributed by atoms with Crippen LogP contribution in [0.3, 0.4) is 0 Å². The van der Waals surface area contributed by atoms with Gasteiger partial charge in [0.25, 0.3) is 0 Å². The SMILES string of the molecule is O[C@H](CSc1nnc(Nc2ccccc2)s1)C[NH+]1CCOCC1. The molecule has 1 aliphatic heterocycles. The molecule has 124 valence electrons. The van der Waals surface area contributed by atoms with Crippen molar-refractivity contribution in [2.45, 2.75) is 10.4 Å². The number of nitrogens with one attached hydrogen (secondary N) is 2. The standard InChI is InChI=1S/C15H20N4O2S2/c20-13(10-19-6-8-21-9-7-19)11-22-15-18-17-14(23-15)16-12-4-2-1-3-5-12/h1-5,13,20H,6-11H2,(H,16,17)/p+1/t13-/m0/s1. The Bertz CT molecular complexity index is 590. The van der Waals surface area contributed by atoms with Crippen molar-refractivity contribution < 1.29 is 14.7 Å². The van der Waals surface area contributed by atoms with Crippen LogP contribution in [0.15, 0.2) is 34.7 Å². The van der Waals surface area contributed by atoms with Gasteiger partial charge in [-0.1, -0.05) is 41.3 Å². The summed E-state index contributed by atoms with van der Waals surface area (Å²) in [5, 5.41) is 22.5. The van der Waals surface area contributed by atoms with E-state index in [1.807, 2.05) is 30.3 Å². The number of hydrogen-bond donors (Lipinski definition) is 3. The number of para-hydroxylation sites is 1. The van der Waals surface area contributed by atoms with Crippen molar-refractivity contribution >= 4 is 33.9 Å². The van der Waals surface area contributed by atoms with E-state index in [1.165, 1.54) is 16.2 Å². The highest BCUT2D eigenvalue weighted by Gasteiger charge is 2.19. The van der Waals surface area contributed by atoms with E-state index < -0.39 is 0 Å². The van der Waals surface area contributed by atoms with Crippen molar-refractivity contribution in [1.82, 2.24) is 10.2 Å². The Balaban J connectivity index is 1.43. The monoisotopic (exact) mass is 353 g/mol. The molecule has 1 aromatic heterocycles. The van der Waals surface area contributed by atoms with Crippen LogP contribution in [-0.4, -0.2) is 60.0 Å². The first-order valence-corrected chi connectivity index (χ1v) is 9.47. The molecule has 0 saturated carbocycles. The molecule has 0 unspecified atom stereocenters. The topological polar surface area (TPSA) is 71.7 Å². The maximum absolute atomic E-state index is 10.2. The number of quaternary nitrogens is 1. The zero-order valence-corrected chi connectivity index (χ0v) is 14.4. The second kappa shape index (κ2) is 8.60. The second-order valence-electron chi connectivity index (χ2n) is 5.40. The molecule has 0 radical (unpaired) electrons. The van der Waals surface area contributed by atoms with E-state index in [9.17, 15) is 5.11 Å². The predicted molar refractivity (Wildman–Crippen MR) is 92.7 cm³/mol. The molecule has 0 aliphatic carbocycles. The van der Waals surface area contributed by atoms with Crippen LogP contribution in [0.5, 0.6) is 0 Å². The molecule has 2 heterocycles. The fraction of sp³-hybridized carbons (Fsp3) is 0.467. The van der Waals surface area contributed by atoms with Crippen LogP contribution in [0.1, 0.15) is 0 Å². The van der Waals surface area contributed by atoms with Gasteiger partial charge >= 0.3 is 0 Å². The van der Waals surface area contributed by atoms with Crippen LogP contribution in [0.25, 0.3) is 0 Å². The molecule has 1 fully saturated rings. The molecular formula is C15H21N4O2S2+. The van der Waals surface area contributed by atoms with E-state index in [0.29, 0.717) is 5.75 Å². The van der Waals surface area contributed by atoms with Crippen LogP contribution in [-0.2, 0) is 4.74 Å². The summed E-state index contributed by atoms with van der Waals surface area (Å²) in [7, 11) is 0. The predicted octanol–water partition coefficient (Wildman–Crippen LogP) is 0.650. The highest BCUT2D eigenvalue weighted by molar-refractivity contribution is 8.01. The normalized spacial score (nSPS) is 17.1. The maximum Gasteiger partial charge on any atom is 0.210 e. The molecule has 6 nitrogen and oxygen atoms in total. The largest absolute Gasteiger partial charge is 0.386 e. The number of aliphatic hydroxyl groups excluding tert-OH is 1. The van der Waals surface area contributed by atoms with E-state index >= 15 is 0 Å². The van der Waals surface area contributed by atoms with E-state index in [1.54, 1.807) is 11.8 Å². The lowest BCUT2D eigenvalue weighted by Crippen LogP contribution is -3.15. The molecule has 1 aromatic carbocycles. The molecule has 0 amide bonds. The highest BCUT2D eigenvalue weighted by atomic mass is 32.2. The summed E-state index contributed by atoms with van der Waals surface area (Å²) in [4.78, 5) is 1.41. The fourth-order valence-electron chi connectivity index (χ4n) is 2.39. The molecule has 3 N–H and O–H groups in total.